The maximum absolute atomic E-state index is 9.49. The Morgan fingerprint density at radius 1 is 0.522 bits per heavy atom. The van der Waals surface area contributed by atoms with Gasteiger partial charge in [-0.3, -0.25) is 0 Å². The minimum atomic E-state index is -0.562. The van der Waals surface area contributed by atoms with Crippen molar-refractivity contribution < 1.29 is 0 Å². The van der Waals surface area contributed by atoms with Gasteiger partial charge >= 0.3 is 0 Å². The second-order valence-electron chi connectivity index (χ2n) is 12.6. The molecule has 6 aromatic carbocycles. The summed E-state index contributed by atoms with van der Waals surface area (Å²) in [6.45, 7) is 0. The van der Waals surface area contributed by atoms with Crippen LogP contribution in [0.4, 0.5) is 0 Å². The van der Waals surface area contributed by atoms with Crippen molar-refractivity contribution >= 4 is 5.57 Å². The molecule has 0 bridgehead atoms. The molecule has 0 aromatic heterocycles. The molecule has 6 aromatic rings. The van der Waals surface area contributed by atoms with Crippen molar-refractivity contribution in [3.8, 4) is 17.2 Å². The van der Waals surface area contributed by atoms with Crippen molar-refractivity contribution in [1.29, 1.82) is 5.26 Å². The van der Waals surface area contributed by atoms with Gasteiger partial charge in [-0.25, -0.2) is 0 Å². The Bertz CT molecular complexity index is 2250. The van der Waals surface area contributed by atoms with Crippen LogP contribution in [0.5, 0.6) is 0 Å². The van der Waals surface area contributed by atoms with Crippen LogP contribution in [0.25, 0.3) is 16.7 Å². The number of nitriles is 1. The molecule has 0 N–H and O–H groups in total. The summed E-state index contributed by atoms with van der Waals surface area (Å²) in [6.07, 6.45) is 7.12. The van der Waals surface area contributed by atoms with Gasteiger partial charge in [0, 0.05) is 0 Å². The Morgan fingerprint density at radius 3 is 1.78 bits per heavy atom. The number of rotatable bonds is 4. The number of allylic oxidation sites excluding steroid dienone is 4. The highest BCUT2D eigenvalue weighted by Gasteiger charge is 2.57. The quantitative estimate of drug-likeness (QED) is 0.202. The van der Waals surface area contributed by atoms with Crippen LogP contribution >= 0.6 is 0 Å². The highest BCUT2D eigenvalue weighted by molar-refractivity contribution is 5.92. The first-order chi connectivity index (χ1) is 22.8. The van der Waals surface area contributed by atoms with Crippen LogP contribution in [0.1, 0.15) is 56.5 Å². The molecule has 9 rings (SSSR count). The van der Waals surface area contributed by atoms with Gasteiger partial charge in [0.25, 0.3) is 0 Å². The van der Waals surface area contributed by atoms with Crippen molar-refractivity contribution in [2.45, 2.75) is 17.3 Å². The van der Waals surface area contributed by atoms with Gasteiger partial charge in [0.1, 0.15) is 0 Å². The smallest absolute Gasteiger partial charge is 0.0720 e. The molecule has 3 atom stereocenters. The average molecular weight is 586 g/mol. The molecule has 3 aliphatic rings. The van der Waals surface area contributed by atoms with E-state index in [-0.39, 0.29) is 5.92 Å². The molecule has 1 heteroatoms. The largest absolute Gasteiger partial charge is 0.198 e. The van der Waals surface area contributed by atoms with E-state index in [0.717, 1.165) is 6.42 Å². The van der Waals surface area contributed by atoms with Gasteiger partial charge in [-0.1, -0.05) is 164 Å². The van der Waals surface area contributed by atoms with E-state index in [9.17, 15) is 5.26 Å². The van der Waals surface area contributed by atoms with Crippen molar-refractivity contribution in [2.24, 2.45) is 5.92 Å². The molecule has 0 saturated carbocycles. The third-order valence-electron chi connectivity index (χ3n) is 10.5. The van der Waals surface area contributed by atoms with Crippen molar-refractivity contribution in [2.75, 3.05) is 0 Å². The molecule has 0 aliphatic heterocycles. The van der Waals surface area contributed by atoms with Crippen LogP contribution in [-0.2, 0) is 10.8 Å². The van der Waals surface area contributed by atoms with Crippen molar-refractivity contribution in [1.82, 2.24) is 0 Å². The first kappa shape index (κ1) is 26.7. The summed E-state index contributed by atoms with van der Waals surface area (Å²) in [4.78, 5) is 0. The number of hydrogen-bond donors (Lipinski definition) is 0. The standard InChI is InChI=1S/C45H31N/c46-30-31-25-27-32(28-26-31)33-13-11-18-36(29-33)44(34-14-3-1-4-15-34)40-22-9-10-23-41(40)45(35-16-5-2-6-17-35)39-21-8-7-19-37(39)38-20-12-24-42(44)43(38)45/h1-25,27-29,31H,26H2. The Morgan fingerprint density at radius 2 is 1.09 bits per heavy atom. The number of nitrogens with zero attached hydrogens (tertiary/aromatic N) is 1. The van der Waals surface area contributed by atoms with Gasteiger partial charge in [0.2, 0.25) is 0 Å². The molecule has 0 saturated heterocycles. The molecule has 0 radical (unpaired) electrons. The lowest BCUT2D eigenvalue weighted by Gasteiger charge is -2.49. The molecular formula is C45H31N. The molecular weight excluding hydrogens is 555 g/mol. The number of fused-ring (bicyclic) bond motifs is 5. The Balaban J connectivity index is 1.43. The normalized spacial score (nSPS) is 21.8. The zero-order chi connectivity index (χ0) is 30.7. The summed E-state index contributed by atoms with van der Waals surface area (Å²) < 4.78 is 0. The van der Waals surface area contributed by atoms with Crippen molar-refractivity contribution in [3.05, 3.63) is 220 Å². The fourth-order valence-corrected chi connectivity index (χ4v) is 8.72. The van der Waals surface area contributed by atoms with Crippen LogP contribution in [0.2, 0.25) is 0 Å². The molecule has 0 amide bonds. The molecule has 3 aliphatic carbocycles. The van der Waals surface area contributed by atoms with Crippen LogP contribution in [0.15, 0.2) is 170 Å². The predicted molar refractivity (Wildman–Crippen MR) is 186 cm³/mol. The fraction of sp³-hybridized carbons (Fsp3) is 0.0889. The van der Waals surface area contributed by atoms with Crippen molar-refractivity contribution in [3.63, 3.8) is 0 Å². The number of hydrogen-bond acceptors (Lipinski definition) is 1. The van der Waals surface area contributed by atoms with Crippen LogP contribution in [-0.4, -0.2) is 0 Å². The lowest BCUT2D eigenvalue weighted by atomic mass is 9.51. The minimum absolute atomic E-state index is 0.0625. The summed E-state index contributed by atoms with van der Waals surface area (Å²) in [5, 5.41) is 9.49. The maximum Gasteiger partial charge on any atom is 0.0720 e. The molecule has 1 nitrogen and oxygen atoms in total. The fourth-order valence-electron chi connectivity index (χ4n) is 8.72. The van der Waals surface area contributed by atoms with Crippen LogP contribution in [0, 0.1) is 17.2 Å². The zero-order valence-corrected chi connectivity index (χ0v) is 25.4. The molecule has 3 unspecified atom stereocenters. The van der Waals surface area contributed by atoms with E-state index in [1.165, 1.54) is 66.8 Å². The van der Waals surface area contributed by atoms with E-state index in [4.69, 9.17) is 0 Å². The van der Waals surface area contributed by atoms with Gasteiger partial charge in [-0.05, 0) is 79.3 Å². The minimum Gasteiger partial charge on any atom is -0.198 e. The van der Waals surface area contributed by atoms with Gasteiger partial charge in [-0.2, -0.15) is 5.26 Å². The van der Waals surface area contributed by atoms with E-state index >= 15 is 0 Å². The molecule has 216 valence electrons. The van der Waals surface area contributed by atoms with Crippen LogP contribution in [0.3, 0.4) is 0 Å². The molecule has 0 heterocycles. The topological polar surface area (TPSA) is 23.8 Å². The lowest BCUT2D eigenvalue weighted by molar-refractivity contribution is 0.626. The Kier molecular flexibility index (Phi) is 5.89. The van der Waals surface area contributed by atoms with E-state index in [2.05, 4.69) is 170 Å². The first-order valence-corrected chi connectivity index (χ1v) is 16.1. The van der Waals surface area contributed by atoms with E-state index in [0.29, 0.717) is 0 Å². The van der Waals surface area contributed by atoms with E-state index in [1.54, 1.807) is 0 Å². The predicted octanol–water partition coefficient (Wildman–Crippen LogP) is 10.2. The summed E-state index contributed by atoms with van der Waals surface area (Å²) in [5.74, 6) is -0.0625. The monoisotopic (exact) mass is 585 g/mol. The Hall–Kier alpha value is -5.71. The van der Waals surface area contributed by atoms with Gasteiger partial charge in [0.05, 0.1) is 22.8 Å². The SMILES string of the molecule is N#CC1C=CC(c2cccc(C3(c4ccccc4)c4ccccc4C4(c5ccccc5)c5ccccc5-c5cccc3c54)c2)=CC1. The second-order valence-corrected chi connectivity index (χ2v) is 12.6. The van der Waals surface area contributed by atoms with Crippen LogP contribution < -0.4 is 0 Å². The molecule has 0 spiro atoms. The zero-order valence-electron chi connectivity index (χ0n) is 25.4. The van der Waals surface area contributed by atoms with Gasteiger partial charge in [0.15, 0.2) is 0 Å². The summed E-state index contributed by atoms with van der Waals surface area (Å²) in [7, 11) is 0. The molecule has 0 fully saturated rings. The number of benzene rings is 6. The average Bonchev–Trinajstić information content (AvgIpc) is 3.45. The maximum atomic E-state index is 9.49. The Labute approximate surface area is 270 Å². The summed E-state index contributed by atoms with van der Waals surface area (Å²) >= 11 is 0. The highest BCUT2D eigenvalue weighted by Crippen LogP contribution is 2.65. The third-order valence-corrected chi connectivity index (χ3v) is 10.5. The molecule has 46 heavy (non-hydrogen) atoms. The first-order valence-electron chi connectivity index (χ1n) is 16.1. The van der Waals surface area contributed by atoms with Gasteiger partial charge in [-0.15, -0.1) is 0 Å². The summed E-state index contributed by atoms with van der Waals surface area (Å²) in [6, 6.07) is 58.9. The lowest BCUT2D eigenvalue weighted by Crippen LogP contribution is -2.44. The highest BCUT2D eigenvalue weighted by atomic mass is 14.6. The van der Waals surface area contributed by atoms with Gasteiger partial charge < -0.3 is 0 Å². The van der Waals surface area contributed by atoms with E-state index < -0.39 is 10.8 Å². The third kappa shape index (κ3) is 3.45. The van der Waals surface area contributed by atoms with E-state index in [1.807, 2.05) is 6.08 Å². The summed E-state index contributed by atoms with van der Waals surface area (Å²) in [5.41, 5.74) is 14.4. The second kappa shape index (κ2) is 10.2.